The van der Waals surface area contributed by atoms with Crippen molar-refractivity contribution in [1.29, 1.82) is 0 Å². The van der Waals surface area contributed by atoms with Gasteiger partial charge in [-0.15, -0.1) is 0 Å². The number of hydrogen-bond donors (Lipinski definition) is 1. The number of amides is 1. The molecule has 1 aliphatic rings. The molecule has 1 aliphatic heterocycles. The zero-order valence-corrected chi connectivity index (χ0v) is 14.0. The third kappa shape index (κ3) is 4.07. The highest BCUT2D eigenvalue weighted by atomic mass is 16.1. The maximum absolute atomic E-state index is 12.2. The van der Waals surface area contributed by atoms with Gasteiger partial charge in [0, 0.05) is 44.6 Å². The molecule has 0 saturated carbocycles. The summed E-state index contributed by atoms with van der Waals surface area (Å²) in [7, 11) is 0. The molecule has 6 nitrogen and oxygen atoms in total. The lowest BCUT2D eigenvalue weighted by Crippen LogP contribution is -2.41. The molecule has 1 amide bonds. The summed E-state index contributed by atoms with van der Waals surface area (Å²) in [6.07, 6.45) is 8.03. The van der Waals surface area contributed by atoms with Crippen molar-refractivity contribution in [3.8, 4) is 0 Å². The van der Waals surface area contributed by atoms with Crippen molar-refractivity contribution >= 4 is 11.7 Å². The average Bonchev–Trinajstić information content (AvgIpc) is 2.67. The van der Waals surface area contributed by atoms with Crippen LogP contribution < -0.4 is 10.2 Å². The smallest absolute Gasteiger partial charge is 0.254 e. The summed E-state index contributed by atoms with van der Waals surface area (Å²) in [5.41, 5.74) is 0.518. The number of rotatable bonds is 5. The van der Waals surface area contributed by atoms with Gasteiger partial charge in [0.25, 0.3) is 5.91 Å². The number of pyridine rings is 1. The monoisotopic (exact) mass is 325 g/mol. The SMILES string of the molecule is CCc1ncc(C(=O)NCC2CCCN(c3ccccn3)C2)cn1. The van der Waals surface area contributed by atoms with E-state index in [1.807, 2.05) is 31.3 Å². The van der Waals surface area contributed by atoms with Gasteiger partial charge in [-0.25, -0.2) is 15.0 Å². The number of nitrogens with one attached hydrogen (secondary N) is 1. The van der Waals surface area contributed by atoms with E-state index >= 15 is 0 Å². The molecule has 6 heteroatoms. The molecular weight excluding hydrogens is 302 g/mol. The Labute approximate surface area is 142 Å². The molecule has 1 atom stereocenters. The zero-order valence-electron chi connectivity index (χ0n) is 14.0. The molecule has 2 aromatic heterocycles. The van der Waals surface area contributed by atoms with Crippen molar-refractivity contribution in [2.24, 2.45) is 5.92 Å². The fraction of sp³-hybridized carbons (Fsp3) is 0.444. The lowest BCUT2D eigenvalue weighted by molar-refractivity contribution is 0.0945. The summed E-state index contributed by atoms with van der Waals surface area (Å²) in [5, 5.41) is 3.01. The summed E-state index contributed by atoms with van der Waals surface area (Å²) in [4.78, 5) is 27.3. The quantitative estimate of drug-likeness (QED) is 0.911. The van der Waals surface area contributed by atoms with E-state index < -0.39 is 0 Å². The van der Waals surface area contributed by atoms with Crippen LogP contribution in [0, 0.1) is 5.92 Å². The Balaban J connectivity index is 1.53. The molecule has 1 N–H and O–H groups in total. The number of nitrogens with zero attached hydrogens (tertiary/aromatic N) is 4. The minimum Gasteiger partial charge on any atom is -0.356 e. The summed E-state index contributed by atoms with van der Waals surface area (Å²) >= 11 is 0. The van der Waals surface area contributed by atoms with Crippen molar-refractivity contribution < 1.29 is 4.79 Å². The molecule has 3 rings (SSSR count). The molecule has 126 valence electrons. The number of carbonyl (C=O) groups is 1. The van der Waals surface area contributed by atoms with Gasteiger partial charge in [-0.1, -0.05) is 13.0 Å². The van der Waals surface area contributed by atoms with Crippen LogP contribution in [0.1, 0.15) is 35.9 Å². The maximum atomic E-state index is 12.2. The summed E-state index contributed by atoms with van der Waals surface area (Å²) < 4.78 is 0. The van der Waals surface area contributed by atoms with Crippen molar-refractivity contribution in [3.63, 3.8) is 0 Å². The fourth-order valence-electron chi connectivity index (χ4n) is 2.97. The van der Waals surface area contributed by atoms with E-state index in [0.29, 0.717) is 18.0 Å². The second kappa shape index (κ2) is 7.86. The van der Waals surface area contributed by atoms with Crippen LogP contribution in [0.25, 0.3) is 0 Å². The molecule has 1 unspecified atom stereocenters. The third-order valence-electron chi connectivity index (χ3n) is 4.33. The highest BCUT2D eigenvalue weighted by Gasteiger charge is 2.21. The predicted octanol–water partition coefficient (Wildman–Crippen LogP) is 2.08. The largest absolute Gasteiger partial charge is 0.356 e. The Morgan fingerprint density at radius 2 is 2.12 bits per heavy atom. The first-order chi connectivity index (χ1) is 11.8. The Kier molecular flexibility index (Phi) is 5.36. The van der Waals surface area contributed by atoms with Gasteiger partial charge in [0.1, 0.15) is 11.6 Å². The first-order valence-electron chi connectivity index (χ1n) is 8.51. The Morgan fingerprint density at radius 1 is 1.29 bits per heavy atom. The third-order valence-corrected chi connectivity index (χ3v) is 4.33. The number of hydrogen-bond acceptors (Lipinski definition) is 5. The van der Waals surface area contributed by atoms with E-state index in [2.05, 4.69) is 25.2 Å². The van der Waals surface area contributed by atoms with Crippen LogP contribution in [-0.4, -0.2) is 40.5 Å². The second-order valence-corrected chi connectivity index (χ2v) is 6.09. The Hall–Kier alpha value is -2.50. The lowest BCUT2D eigenvalue weighted by atomic mass is 9.98. The molecular formula is C18H23N5O. The van der Waals surface area contributed by atoms with Gasteiger partial charge >= 0.3 is 0 Å². The lowest BCUT2D eigenvalue weighted by Gasteiger charge is -2.33. The topological polar surface area (TPSA) is 71.0 Å². The van der Waals surface area contributed by atoms with Crippen LogP contribution in [0.5, 0.6) is 0 Å². The van der Waals surface area contributed by atoms with E-state index in [1.165, 1.54) is 0 Å². The first kappa shape index (κ1) is 16.4. The normalized spacial score (nSPS) is 17.5. The van der Waals surface area contributed by atoms with E-state index in [4.69, 9.17) is 0 Å². The predicted molar refractivity (Wildman–Crippen MR) is 92.9 cm³/mol. The van der Waals surface area contributed by atoms with Gasteiger partial charge in [0.15, 0.2) is 0 Å². The van der Waals surface area contributed by atoms with Crippen LogP contribution in [0.15, 0.2) is 36.8 Å². The van der Waals surface area contributed by atoms with Gasteiger partial charge in [0.2, 0.25) is 0 Å². The molecule has 0 aliphatic carbocycles. The summed E-state index contributed by atoms with van der Waals surface area (Å²) in [6, 6.07) is 5.97. The Bertz CT molecular complexity index is 659. The average molecular weight is 325 g/mol. The van der Waals surface area contributed by atoms with Gasteiger partial charge in [-0.05, 0) is 30.9 Å². The van der Waals surface area contributed by atoms with Crippen LogP contribution in [-0.2, 0) is 6.42 Å². The zero-order chi connectivity index (χ0) is 16.8. The molecule has 2 aromatic rings. The van der Waals surface area contributed by atoms with E-state index in [0.717, 1.165) is 44.0 Å². The van der Waals surface area contributed by atoms with Crippen molar-refractivity contribution in [1.82, 2.24) is 20.3 Å². The van der Waals surface area contributed by atoms with Crippen molar-refractivity contribution in [2.75, 3.05) is 24.5 Å². The highest BCUT2D eigenvalue weighted by Crippen LogP contribution is 2.20. The van der Waals surface area contributed by atoms with Crippen LogP contribution in [0.4, 0.5) is 5.82 Å². The van der Waals surface area contributed by atoms with Gasteiger partial charge in [-0.2, -0.15) is 0 Å². The maximum Gasteiger partial charge on any atom is 0.254 e. The van der Waals surface area contributed by atoms with Gasteiger partial charge < -0.3 is 10.2 Å². The van der Waals surface area contributed by atoms with E-state index in [9.17, 15) is 4.79 Å². The molecule has 0 bridgehead atoms. The van der Waals surface area contributed by atoms with Crippen molar-refractivity contribution in [3.05, 3.63) is 48.2 Å². The summed E-state index contributed by atoms with van der Waals surface area (Å²) in [5.74, 6) is 2.09. The van der Waals surface area contributed by atoms with Gasteiger partial charge in [0.05, 0.1) is 5.56 Å². The number of carbonyl (C=O) groups excluding carboxylic acids is 1. The number of piperidine rings is 1. The first-order valence-corrected chi connectivity index (χ1v) is 8.51. The van der Waals surface area contributed by atoms with E-state index in [1.54, 1.807) is 12.4 Å². The van der Waals surface area contributed by atoms with Gasteiger partial charge in [-0.3, -0.25) is 4.79 Å². The fourth-order valence-corrected chi connectivity index (χ4v) is 2.97. The molecule has 24 heavy (non-hydrogen) atoms. The number of anilines is 1. The van der Waals surface area contributed by atoms with Crippen LogP contribution in [0.3, 0.4) is 0 Å². The minimum absolute atomic E-state index is 0.104. The van der Waals surface area contributed by atoms with Crippen LogP contribution in [0.2, 0.25) is 0 Å². The van der Waals surface area contributed by atoms with E-state index in [-0.39, 0.29) is 5.91 Å². The minimum atomic E-state index is -0.104. The Morgan fingerprint density at radius 3 is 2.83 bits per heavy atom. The standard InChI is InChI=1S/C18H23N5O/c1-2-16-20-11-15(12-21-16)18(24)22-10-14-6-5-9-23(13-14)17-7-3-4-8-19-17/h3-4,7-8,11-12,14H,2,5-6,9-10,13H2,1H3,(H,22,24). The molecule has 1 fully saturated rings. The summed E-state index contributed by atoms with van der Waals surface area (Å²) in [6.45, 7) is 4.60. The second-order valence-electron chi connectivity index (χ2n) is 6.09. The number of aromatic nitrogens is 3. The molecule has 1 saturated heterocycles. The van der Waals surface area contributed by atoms with Crippen molar-refractivity contribution in [2.45, 2.75) is 26.2 Å². The van der Waals surface area contributed by atoms with Crippen LogP contribution >= 0.6 is 0 Å². The molecule has 0 spiro atoms. The molecule has 3 heterocycles. The highest BCUT2D eigenvalue weighted by molar-refractivity contribution is 5.93. The molecule has 0 aromatic carbocycles. The molecule has 0 radical (unpaired) electrons. The number of aryl methyl sites for hydroxylation is 1.